The maximum Gasteiger partial charge on any atom is 0.251 e. The Morgan fingerprint density at radius 2 is 1.79 bits per heavy atom. The average Bonchev–Trinajstić information content (AvgIpc) is 3.38. The van der Waals surface area contributed by atoms with E-state index in [9.17, 15) is 9.59 Å². The zero-order valence-corrected chi connectivity index (χ0v) is 26.0. The van der Waals surface area contributed by atoms with Gasteiger partial charge in [-0.1, -0.05) is 63.3 Å². The molecule has 224 valence electrons. The fourth-order valence-electron chi connectivity index (χ4n) is 3.62. The van der Waals surface area contributed by atoms with Crippen molar-refractivity contribution in [2.45, 2.75) is 67.4 Å². The van der Waals surface area contributed by atoms with E-state index in [0.717, 1.165) is 29.9 Å². The van der Waals surface area contributed by atoms with Crippen LogP contribution in [-0.4, -0.2) is 40.6 Å². The molecular weight excluding hydrogens is 526 g/mol. The lowest BCUT2D eigenvalue weighted by Gasteiger charge is -2.12. The molecule has 0 fully saturated rings. The van der Waals surface area contributed by atoms with Crippen LogP contribution in [0.25, 0.3) is 17.5 Å². The molecule has 3 rings (SSSR count). The molecule has 1 heterocycles. The maximum atomic E-state index is 11.9. The first-order chi connectivity index (χ1) is 20.2. The second kappa shape index (κ2) is 19.4. The molecule has 2 amide bonds. The number of nitrogens with zero attached hydrogens (tertiary/aromatic N) is 3. The van der Waals surface area contributed by atoms with Crippen LogP contribution in [0.5, 0.6) is 5.75 Å². The van der Waals surface area contributed by atoms with Gasteiger partial charge >= 0.3 is 0 Å². The number of benzene rings is 2. The molecule has 42 heavy (non-hydrogen) atoms. The number of rotatable bonds is 11. The van der Waals surface area contributed by atoms with E-state index in [1.54, 1.807) is 18.2 Å². The van der Waals surface area contributed by atoms with Gasteiger partial charge in [0.1, 0.15) is 17.6 Å². The van der Waals surface area contributed by atoms with E-state index in [0.29, 0.717) is 30.0 Å². The van der Waals surface area contributed by atoms with E-state index in [-0.39, 0.29) is 17.9 Å². The summed E-state index contributed by atoms with van der Waals surface area (Å²) in [6.07, 6.45) is 9.81. The maximum absolute atomic E-state index is 11.9. The molecule has 0 unspecified atom stereocenters. The second-order valence-corrected chi connectivity index (χ2v) is 9.37. The number of carbonyl (C=O) groups excluding carboxylic acids is 2. The first kappa shape index (κ1) is 35.4. The third-order valence-corrected chi connectivity index (χ3v) is 5.52. The molecule has 2 N–H and O–H groups in total. The molecule has 3 aromatic rings. The smallest absolute Gasteiger partial charge is 0.251 e. The molecule has 0 bridgehead atoms. The molecule has 8 heteroatoms. The van der Waals surface area contributed by atoms with E-state index in [4.69, 9.17) is 15.0 Å². The molecule has 1 aromatic heterocycles. The number of nitriles is 1. The normalized spacial score (nSPS) is 10.1. The zero-order valence-electron chi connectivity index (χ0n) is 26.0. The van der Waals surface area contributed by atoms with Crippen LogP contribution in [0.15, 0.2) is 67.4 Å². The monoisotopic (exact) mass is 571 g/mol. The molecule has 0 saturated heterocycles. The highest BCUT2D eigenvalue weighted by molar-refractivity contribution is 5.94. The number of amides is 2. The van der Waals surface area contributed by atoms with Crippen molar-refractivity contribution in [2.75, 3.05) is 13.1 Å². The number of aryl methyl sites for hydroxylation is 2. The Balaban J connectivity index is 0.000000398. The summed E-state index contributed by atoms with van der Waals surface area (Å²) in [5.74, 6) is 1.11. The Labute approximate surface area is 251 Å². The van der Waals surface area contributed by atoms with Crippen molar-refractivity contribution in [3.05, 3.63) is 89.9 Å². The van der Waals surface area contributed by atoms with Crippen molar-refractivity contribution in [3.8, 4) is 23.1 Å². The first-order valence-electron chi connectivity index (χ1n) is 14.4. The van der Waals surface area contributed by atoms with Gasteiger partial charge in [-0.3, -0.25) is 9.59 Å². The standard InChI is InChI=1S/C17H20N2.C15H19N3O3.C2H6/c1-4-6-12-19-13-16(18-17(19)7-5-2)15-10-8-14(3)9-11-15;1-10(2)21-14-5-4-12(8-13(14)9-16)15(20)18-7-6-17-11(3)19;1-2/h4,6,8-13H,1,5,7H2,2-3H3;4-5,8,10H,6-7H2,1-3H3,(H,17,19)(H,18,20);1-2H3/b12-6-;;. The summed E-state index contributed by atoms with van der Waals surface area (Å²) >= 11 is 0. The zero-order chi connectivity index (χ0) is 31.5. The van der Waals surface area contributed by atoms with Crippen LogP contribution in [0.3, 0.4) is 0 Å². The predicted molar refractivity (Wildman–Crippen MR) is 171 cm³/mol. The van der Waals surface area contributed by atoms with Gasteiger partial charge in [-0.15, -0.1) is 0 Å². The molecule has 0 radical (unpaired) electrons. The third-order valence-electron chi connectivity index (χ3n) is 5.52. The molecule has 0 atom stereocenters. The van der Waals surface area contributed by atoms with Crippen LogP contribution in [-0.2, 0) is 11.2 Å². The molecule has 0 aliphatic heterocycles. The Morgan fingerprint density at radius 3 is 2.36 bits per heavy atom. The van der Waals surface area contributed by atoms with Crippen molar-refractivity contribution in [2.24, 2.45) is 0 Å². The predicted octanol–water partition coefficient (Wildman–Crippen LogP) is 6.71. The van der Waals surface area contributed by atoms with Crippen LogP contribution < -0.4 is 15.4 Å². The lowest BCUT2D eigenvalue weighted by atomic mass is 10.1. The van der Waals surface area contributed by atoms with Crippen molar-refractivity contribution >= 4 is 18.0 Å². The largest absolute Gasteiger partial charge is 0.490 e. The van der Waals surface area contributed by atoms with Gasteiger partial charge in [0.2, 0.25) is 5.91 Å². The van der Waals surface area contributed by atoms with Gasteiger partial charge in [0, 0.05) is 50.0 Å². The van der Waals surface area contributed by atoms with Gasteiger partial charge < -0.3 is 19.9 Å². The third kappa shape index (κ3) is 12.3. The van der Waals surface area contributed by atoms with Crippen LogP contribution in [0.1, 0.15) is 75.3 Å². The molecule has 0 spiro atoms. The van der Waals surface area contributed by atoms with Crippen LogP contribution >= 0.6 is 0 Å². The molecular formula is C34H45N5O3. The summed E-state index contributed by atoms with van der Waals surface area (Å²) in [6.45, 7) is 17.8. The topological polar surface area (TPSA) is 109 Å². The van der Waals surface area contributed by atoms with E-state index in [2.05, 4.69) is 66.1 Å². The average molecular weight is 572 g/mol. The van der Waals surface area contributed by atoms with Crippen molar-refractivity contribution in [1.82, 2.24) is 20.2 Å². The lowest BCUT2D eigenvalue weighted by Crippen LogP contribution is -2.33. The van der Waals surface area contributed by atoms with Crippen molar-refractivity contribution < 1.29 is 14.3 Å². The summed E-state index contributed by atoms with van der Waals surface area (Å²) in [5, 5.41) is 14.3. The Kier molecular flexibility index (Phi) is 16.4. The number of carbonyl (C=O) groups is 2. The number of aromatic nitrogens is 2. The van der Waals surface area contributed by atoms with E-state index in [1.165, 1.54) is 18.6 Å². The fourth-order valence-corrected chi connectivity index (χ4v) is 3.62. The SMILES string of the molecule is C=C/C=C\n1cc(-c2ccc(C)cc2)nc1CCC.CC.CC(=O)NCCNC(=O)c1ccc(OC(C)C)c(C#N)c1. The van der Waals surface area contributed by atoms with E-state index < -0.39 is 0 Å². The van der Waals surface area contributed by atoms with Gasteiger partial charge in [0.15, 0.2) is 0 Å². The molecule has 2 aromatic carbocycles. The highest BCUT2D eigenvalue weighted by Crippen LogP contribution is 2.21. The summed E-state index contributed by atoms with van der Waals surface area (Å²) in [5.41, 5.74) is 4.15. The Bertz CT molecular complexity index is 1350. The van der Waals surface area contributed by atoms with Gasteiger partial charge in [-0.05, 0) is 51.5 Å². The van der Waals surface area contributed by atoms with Crippen molar-refractivity contribution in [3.63, 3.8) is 0 Å². The van der Waals surface area contributed by atoms with Crippen LogP contribution in [0, 0.1) is 18.3 Å². The summed E-state index contributed by atoms with van der Waals surface area (Å²) in [6, 6.07) is 15.2. The number of ether oxygens (including phenoxy) is 1. The summed E-state index contributed by atoms with van der Waals surface area (Å²) in [4.78, 5) is 27.3. The Morgan fingerprint density at radius 1 is 1.12 bits per heavy atom. The number of allylic oxidation sites excluding steroid dienone is 2. The molecule has 0 saturated carbocycles. The highest BCUT2D eigenvalue weighted by Gasteiger charge is 2.11. The quantitative estimate of drug-likeness (QED) is 0.196. The minimum atomic E-state index is -0.298. The van der Waals surface area contributed by atoms with Gasteiger partial charge in [0.25, 0.3) is 5.91 Å². The first-order valence-corrected chi connectivity index (χ1v) is 14.4. The number of nitrogens with one attached hydrogen (secondary N) is 2. The number of imidazole rings is 1. The number of hydrogen-bond acceptors (Lipinski definition) is 5. The highest BCUT2D eigenvalue weighted by atomic mass is 16.5. The lowest BCUT2D eigenvalue weighted by molar-refractivity contribution is -0.118. The molecule has 0 aliphatic carbocycles. The van der Waals surface area contributed by atoms with Gasteiger partial charge in [-0.2, -0.15) is 5.26 Å². The minimum Gasteiger partial charge on any atom is -0.490 e. The summed E-state index contributed by atoms with van der Waals surface area (Å²) < 4.78 is 7.58. The molecule has 8 nitrogen and oxygen atoms in total. The van der Waals surface area contributed by atoms with Crippen LogP contribution in [0.4, 0.5) is 0 Å². The van der Waals surface area contributed by atoms with Crippen LogP contribution in [0.2, 0.25) is 0 Å². The number of hydrogen-bond donors (Lipinski definition) is 2. The Hall–Kier alpha value is -4.64. The minimum absolute atomic E-state index is 0.0468. The van der Waals surface area contributed by atoms with Crippen molar-refractivity contribution in [1.29, 1.82) is 5.26 Å². The van der Waals surface area contributed by atoms with E-state index >= 15 is 0 Å². The molecule has 0 aliphatic rings. The second-order valence-electron chi connectivity index (χ2n) is 9.37. The van der Waals surface area contributed by atoms with Gasteiger partial charge in [-0.25, -0.2) is 4.98 Å². The summed E-state index contributed by atoms with van der Waals surface area (Å²) in [7, 11) is 0. The van der Waals surface area contributed by atoms with E-state index in [1.807, 2.05) is 46.0 Å². The fraction of sp³-hybridized carbons (Fsp3) is 0.353. The van der Waals surface area contributed by atoms with Gasteiger partial charge in [0.05, 0.1) is 17.4 Å².